The fourth-order valence-corrected chi connectivity index (χ4v) is 1.09. The van der Waals surface area contributed by atoms with Crippen molar-refractivity contribution >= 4 is 11.6 Å². The van der Waals surface area contributed by atoms with Gasteiger partial charge in [-0.3, -0.25) is 0 Å². The molecule has 0 aliphatic heterocycles. The van der Waals surface area contributed by atoms with Crippen molar-refractivity contribution in [1.82, 2.24) is 5.32 Å². The molecule has 12 heavy (non-hydrogen) atoms. The number of alkyl halides is 1. The first-order valence-electron chi connectivity index (χ1n) is 4.69. The first-order valence-corrected chi connectivity index (χ1v) is 5.22. The lowest BCUT2D eigenvalue weighted by Crippen LogP contribution is -2.15. The molecule has 1 nitrogen and oxygen atoms in total. The highest BCUT2D eigenvalue weighted by molar-refractivity contribution is 6.18. The second-order valence-electron chi connectivity index (χ2n) is 3.37. The average molecular weight is 190 g/mol. The third-order valence-electron chi connectivity index (χ3n) is 1.65. The zero-order valence-electron chi connectivity index (χ0n) is 8.15. The maximum atomic E-state index is 5.47. The minimum absolute atomic E-state index is 0.619. The van der Waals surface area contributed by atoms with Crippen LogP contribution in [0.2, 0.25) is 0 Å². The van der Waals surface area contributed by atoms with Crippen molar-refractivity contribution in [2.45, 2.75) is 26.7 Å². The van der Waals surface area contributed by atoms with Gasteiger partial charge in [0, 0.05) is 12.4 Å². The Bertz CT molecular complexity index is 110. The van der Waals surface area contributed by atoms with Crippen LogP contribution < -0.4 is 5.32 Å². The van der Waals surface area contributed by atoms with Gasteiger partial charge in [0.05, 0.1) is 0 Å². The van der Waals surface area contributed by atoms with Crippen LogP contribution >= 0.6 is 11.6 Å². The molecule has 0 aromatic rings. The molecule has 0 rings (SSSR count). The monoisotopic (exact) mass is 189 g/mol. The van der Waals surface area contributed by atoms with Crippen LogP contribution in [0.25, 0.3) is 0 Å². The van der Waals surface area contributed by atoms with E-state index < -0.39 is 0 Å². The highest BCUT2D eigenvalue weighted by Crippen LogP contribution is 2.01. The van der Waals surface area contributed by atoms with Gasteiger partial charge in [0.1, 0.15) is 0 Å². The molecule has 2 heteroatoms. The van der Waals surface area contributed by atoms with Crippen LogP contribution in [0.5, 0.6) is 0 Å². The molecule has 0 atom stereocenters. The van der Waals surface area contributed by atoms with E-state index >= 15 is 0 Å². The molecule has 0 unspecified atom stereocenters. The van der Waals surface area contributed by atoms with Crippen LogP contribution in [0.15, 0.2) is 12.2 Å². The molecule has 0 aliphatic carbocycles. The number of allylic oxidation sites excluding steroid dienone is 1. The van der Waals surface area contributed by atoms with Crippen molar-refractivity contribution in [3.63, 3.8) is 0 Å². The van der Waals surface area contributed by atoms with Crippen LogP contribution in [-0.4, -0.2) is 19.0 Å². The second kappa shape index (κ2) is 9.08. The van der Waals surface area contributed by atoms with Crippen LogP contribution in [-0.2, 0) is 0 Å². The number of hydrogen-bond acceptors (Lipinski definition) is 1. The lowest BCUT2D eigenvalue weighted by Gasteiger charge is -2.03. The van der Waals surface area contributed by atoms with E-state index in [1.54, 1.807) is 0 Å². The summed E-state index contributed by atoms with van der Waals surface area (Å²) in [5, 5.41) is 3.33. The lowest BCUT2D eigenvalue weighted by atomic mass is 10.1. The molecular weight excluding hydrogens is 170 g/mol. The van der Waals surface area contributed by atoms with Crippen LogP contribution in [0.1, 0.15) is 26.7 Å². The molecule has 72 valence electrons. The summed E-state index contributed by atoms with van der Waals surface area (Å²) >= 11 is 5.47. The Morgan fingerprint density at radius 1 is 1.33 bits per heavy atom. The van der Waals surface area contributed by atoms with E-state index in [1.807, 2.05) is 6.08 Å². The predicted molar refractivity (Wildman–Crippen MR) is 56.8 cm³/mol. The summed E-state index contributed by atoms with van der Waals surface area (Å²) in [6, 6.07) is 0. The molecule has 0 fully saturated rings. The van der Waals surface area contributed by atoms with Crippen molar-refractivity contribution in [1.29, 1.82) is 0 Å². The Balaban J connectivity index is 2.96. The Morgan fingerprint density at radius 2 is 2.08 bits per heavy atom. The van der Waals surface area contributed by atoms with Crippen molar-refractivity contribution < 1.29 is 0 Å². The normalized spacial score (nSPS) is 11.7. The van der Waals surface area contributed by atoms with Gasteiger partial charge in [-0.1, -0.05) is 26.0 Å². The molecule has 0 aromatic heterocycles. The predicted octanol–water partition coefficient (Wildman–Crippen LogP) is 2.81. The van der Waals surface area contributed by atoms with Gasteiger partial charge < -0.3 is 5.32 Å². The topological polar surface area (TPSA) is 12.0 Å². The van der Waals surface area contributed by atoms with E-state index in [4.69, 9.17) is 11.6 Å². The first kappa shape index (κ1) is 12.0. The fourth-order valence-electron chi connectivity index (χ4n) is 0.967. The third kappa shape index (κ3) is 9.99. The zero-order valence-corrected chi connectivity index (χ0v) is 8.90. The van der Waals surface area contributed by atoms with Crippen molar-refractivity contribution in [2.24, 2.45) is 5.92 Å². The Morgan fingerprint density at radius 3 is 2.67 bits per heavy atom. The second-order valence-corrected chi connectivity index (χ2v) is 3.67. The van der Waals surface area contributed by atoms with Gasteiger partial charge in [0.15, 0.2) is 0 Å². The summed E-state index contributed by atoms with van der Waals surface area (Å²) in [6.45, 7) is 6.58. The summed E-state index contributed by atoms with van der Waals surface area (Å²) in [6.07, 6.45) is 6.62. The minimum atomic E-state index is 0.619. The van der Waals surface area contributed by atoms with Gasteiger partial charge in [-0.15, -0.1) is 11.6 Å². The third-order valence-corrected chi connectivity index (χ3v) is 1.83. The maximum absolute atomic E-state index is 5.47. The molecule has 0 aliphatic rings. The fraction of sp³-hybridized carbons (Fsp3) is 0.800. The molecule has 0 heterocycles. The van der Waals surface area contributed by atoms with Gasteiger partial charge in [-0.2, -0.15) is 0 Å². The molecule has 0 radical (unpaired) electrons. The minimum Gasteiger partial charge on any atom is -0.313 e. The van der Waals surface area contributed by atoms with E-state index in [9.17, 15) is 0 Å². The van der Waals surface area contributed by atoms with Crippen LogP contribution in [0.3, 0.4) is 0 Å². The highest BCUT2D eigenvalue weighted by atomic mass is 35.5. The summed E-state index contributed by atoms with van der Waals surface area (Å²) in [5.74, 6) is 1.44. The summed E-state index contributed by atoms with van der Waals surface area (Å²) in [4.78, 5) is 0. The number of hydrogen-bond donors (Lipinski definition) is 1. The molecule has 1 N–H and O–H groups in total. The van der Waals surface area contributed by atoms with Gasteiger partial charge in [0.25, 0.3) is 0 Å². The SMILES string of the molecule is CC(C)CCCNC/C=C/CCl. The van der Waals surface area contributed by atoms with E-state index in [1.165, 1.54) is 12.8 Å². The van der Waals surface area contributed by atoms with Crippen molar-refractivity contribution in [3.8, 4) is 0 Å². The van der Waals surface area contributed by atoms with Gasteiger partial charge in [0.2, 0.25) is 0 Å². The van der Waals surface area contributed by atoms with Gasteiger partial charge in [-0.05, 0) is 25.3 Å². The van der Waals surface area contributed by atoms with E-state index in [0.717, 1.165) is 19.0 Å². The molecule has 0 amide bonds. The van der Waals surface area contributed by atoms with Crippen molar-refractivity contribution in [2.75, 3.05) is 19.0 Å². The Labute approximate surface area is 81.2 Å². The van der Waals surface area contributed by atoms with Crippen molar-refractivity contribution in [3.05, 3.63) is 12.2 Å². The summed E-state index contributed by atoms with van der Waals surface area (Å²) < 4.78 is 0. The largest absolute Gasteiger partial charge is 0.313 e. The van der Waals surface area contributed by atoms with Gasteiger partial charge >= 0.3 is 0 Å². The molecule has 0 spiro atoms. The van der Waals surface area contributed by atoms with Crippen LogP contribution in [0, 0.1) is 5.92 Å². The summed E-state index contributed by atoms with van der Waals surface area (Å²) in [5.41, 5.74) is 0. The summed E-state index contributed by atoms with van der Waals surface area (Å²) in [7, 11) is 0. The standard InChI is InChI=1S/C10H20ClN/c1-10(2)6-5-9-12-8-4-3-7-11/h3-4,10,12H,5-9H2,1-2H3/b4-3+. The number of halogens is 1. The molecule has 0 saturated heterocycles. The molecule has 0 aromatic carbocycles. The number of rotatable bonds is 7. The Hall–Kier alpha value is -0.0100. The van der Waals surface area contributed by atoms with E-state index in [0.29, 0.717) is 5.88 Å². The highest BCUT2D eigenvalue weighted by Gasteiger charge is 1.91. The van der Waals surface area contributed by atoms with E-state index in [2.05, 4.69) is 25.2 Å². The smallest absolute Gasteiger partial charge is 0.0404 e. The van der Waals surface area contributed by atoms with Gasteiger partial charge in [-0.25, -0.2) is 0 Å². The number of nitrogens with one attached hydrogen (secondary N) is 1. The van der Waals surface area contributed by atoms with E-state index in [-0.39, 0.29) is 0 Å². The Kier molecular flexibility index (Phi) is 9.07. The van der Waals surface area contributed by atoms with Crippen LogP contribution in [0.4, 0.5) is 0 Å². The first-order chi connectivity index (χ1) is 5.77. The lowest BCUT2D eigenvalue weighted by molar-refractivity contribution is 0.537. The average Bonchev–Trinajstić information content (AvgIpc) is 2.02. The molecule has 0 bridgehead atoms. The maximum Gasteiger partial charge on any atom is 0.0404 e. The quantitative estimate of drug-likeness (QED) is 0.369. The molecular formula is C10H20ClN. The zero-order chi connectivity index (χ0) is 9.23. The molecule has 0 saturated carbocycles.